The molecule has 1 aromatic heterocycles. The number of rotatable bonds is 3. The molecule has 0 radical (unpaired) electrons. The molecule has 21 heavy (non-hydrogen) atoms. The Bertz CT molecular complexity index is 678. The summed E-state index contributed by atoms with van der Waals surface area (Å²) in [5, 5.41) is 3.41. The molecule has 1 fully saturated rings. The summed E-state index contributed by atoms with van der Waals surface area (Å²) in [7, 11) is 0. The highest BCUT2D eigenvalue weighted by Crippen LogP contribution is 2.37. The third-order valence-electron chi connectivity index (χ3n) is 4.21. The van der Waals surface area contributed by atoms with Gasteiger partial charge in [-0.1, -0.05) is 18.2 Å². The molecule has 1 N–H and O–H groups in total. The molecule has 1 saturated carbocycles. The Kier molecular flexibility index (Phi) is 2.84. The van der Waals surface area contributed by atoms with E-state index in [1.807, 2.05) is 6.92 Å². The van der Waals surface area contributed by atoms with Gasteiger partial charge in [0.05, 0.1) is 0 Å². The number of aryl methyl sites for hydroxylation is 1. The first-order valence-corrected chi connectivity index (χ1v) is 7.70. The zero-order chi connectivity index (χ0) is 14.4. The molecule has 4 rings (SSSR count). The van der Waals surface area contributed by atoms with Gasteiger partial charge in [-0.3, -0.25) is 0 Å². The summed E-state index contributed by atoms with van der Waals surface area (Å²) in [6.45, 7) is 4.29. The number of hydrogen-bond acceptors (Lipinski definition) is 4. The molecular weight excluding hydrogens is 260 g/mol. The van der Waals surface area contributed by atoms with E-state index >= 15 is 0 Å². The number of para-hydroxylation sites is 1. The highest BCUT2D eigenvalue weighted by molar-refractivity contribution is 5.69. The molecule has 4 heteroatoms. The molecule has 1 aliphatic carbocycles. The minimum atomic E-state index is 0.436. The lowest BCUT2D eigenvalue weighted by atomic mass is 10.1. The van der Waals surface area contributed by atoms with Gasteiger partial charge in [0.2, 0.25) is 5.95 Å². The van der Waals surface area contributed by atoms with E-state index < -0.39 is 0 Å². The minimum absolute atomic E-state index is 0.436. The van der Waals surface area contributed by atoms with E-state index in [-0.39, 0.29) is 0 Å². The van der Waals surface area contributed by atoms with E-state index in [1.165, 1.54) is 24.1 Å². The van der Waals surface area contributed by atoms with Crippen molar-refractivity contribution in [1.29, 1.82) is 0 Å². The molecular formula is C17H20N4. The second-order valence-corrected chi connectivity index (χ2v) is 6.16. The highest BCUT2D eigenvalue weighted by Gasteiger charge is 2.29. The zero-order valence-electron chi connectivity index (χ0n) is 12.5. The van der Waals surface area contributed by atoms with Crippen LogP contribution in [-0.4, -0.2) is 22.1 Å². The molecule has 1 atom stereocenters. The molecule has 1 unspecified atom stereocenters. The lowest BCUT2D eigenvalue weighted by Gasteiger charge is -2.24. The van der Waals surface area contributed by atoms with Crippen molar-refractivity contribution in [2.75, 3.05) is 10.2 Å². The number of nitrogens with one attached hydrogen (secondary N) is 1. The third kappa shape index (κ3) is 2.35. The number of anilines is 3. The van der Waals surface area contributed by atoms with Gasteiger partial charge in [0, 0.05) is 29.5 Å². The molecule has 4 nitrogen and oxygen atoms in total. The summed E-state index contributed by atoms with van der Waals surface area (Å²) in [4.78, 5) is 11.6. The predicted molar refractivity (Wildman–Crippen MR) is 85.2 cm³/mol. The largest absolute Gasteiger partial charge is 0.351 e. The first kappa shape index (κ1) is 12.6. The van der Waals surface area contributed by atoms with Crippen LogP contribution in [0.3, 0.4) is 0 Å². The standard InChI is InChI=1S/C17H20N4/c1-11-9-16(20-17(18-11)19-14-7-8-14)21-12(2)10-13-5-3-4-6-15(13)21/h3-6,9,12,14H,7-8,10H2,1-2H3,(H,18,19,20). The maximum atomic E-state index is 4.75. The first-order chi connectivity index (χ1) is 10.2. The van der Waals surface area contributed by atoms with Crippen molar-refractivity contribution in [2.24, 2.45) is 0 Å². The fourth-order valence-corrected chi connectivity index (χ4v) is 3.06. The molecule has 2 aromatic rings. The highest BCUT2D eigenvalue weighted by atomic mass is 15.3. The van der Waals surface area contributed by atoms with Crippen molar-refractivity contribution in [1.82, 2.24) is 9.97 Å². The lowest BCUT2D eigenvalue weighted by Crippen LogP contribution is -2.25. The lowest BCUT2D eigenvalue weighted by molar-refractivity contribution is 0.748. The van der Waals surface area contributed by atoms with Crippen molar-refractivity contribution in [2.45, 2.75) is 45.2 Å². The Morgan fingerprint density at radius 3 is 2.81 bits per heavy atom. The minimum Gasteiger partial charge on any atom is -0.351 e. The van der Waals surface area contributed by atoms with Gasteiger partial charge in [-0.15, -0.1) is 0 Å². The molecule has 2 aliphatic rings. The van der Waals surface area contributed by atoms with Gasteiger partial charge in [-0.25, -0.2) is 4.98 Å². The Balaban J connectivity index is 1.73. The van der Waals surface area contributed by atoms with E-state index in [1.54, 1.807) is 0 Å². The van der Waals surface area contributed by atoms with Crippen LogP contribution in [0.4, 0.5) is 17.5 Å². The average Bonchev–Trinajstić information content (AvgIpc) is 3.18. The molecule has 0 amide bonds. The van der Waals surface area contributed by atoms with Crippen LogP contribution in [-0.2, 0) is 6.42 Å². The molecule has 108 valence electrons. The van der Waals surface area contributed by atoms with Crippen LogP contribution >= 0.6 is 0 Å². The molecule has 2 heterocycles. The van der Waals surface area contributed by atoms with Crippen LogP contribution < -0.4 is 10.2 Å². The monoisotopic (exact) mass is 280 g/mol. The van der Waals surface area contributed by atoms with Gasteiger partial charge in [0.15, 0.2) is 0 Å². The van der Waals surface area contributed by atoms with Gasteiger partial charge in [-0.05, 0) is 44.7 Å². The molecule has 0 bridgehead atoms. The predicted octanol–water partition coefficient (Wildman–Crippen LogP) is 3.44. The van der Waals surface area contributed by atoms with Crippen molar-refractivity contribution in [3.05, 3.63) is 41.6 Å². The van der Waals surface area contributed by atoms with Crippen molar-refractivity contribution in [3.63, 3.8) is 0 Å². The van der Waals surface area contributed by atoms with Crippen LogP contribution in [0.25, 0.3) is 0 Å². The number of fused-ring (bicyclic) bond motifs is 1. The number of nitrogens with zero attached hydrogens (tertiary/aromatic N) is 3. The summed E-state index contributed by atoms with van der Waals surface area (Å²) in [5.74, 6) is 1.77. The van der Waals surface area contributed by atoms with Gasteiger partial charge in [-0.2, -0.15) is 4.98 Å². The summed E-state index contributed by atoms with van der Waals surface area (Å²) >= 11 is 0. The van der Waals surface area contributed by atoms with Crippen LogP contribution in [0.5, 0.6) is 0 Å². The smallest absolute Gasteiger partial charge is 0.225 e. The van der Waals surface area contributed by atoms with Crippen LogP contribution in [0.2, 0.25) is 0 Å². The Labute approximate surface area is 125 Å². The molecule has 1 aliphatic heterocycles. The third-order valence-corrected chi connectivity index (χ3v) is 4.21. The summed E-state index contributed by atoms with van der Waals surface area (Å²) < 4.78 is 0. The summed E-state index contributed by atoms with van der Waals surface area (Å²) in [6.07, 6.45) is 3.54. The zero-order valence-corrected chi connectivity index (χ0v) is 12.5. The first-order valence-electron chi connectivity index (χ1n) is 7.70. The normalized spacial score (nSPS) is 20.5. The number of hydrogen-bond donors (Lipinski definition) is 1. The molecule has 0 spiro atoms. The maximum absolute atomic E-state index is 4.75. The SMILES string of the molecule is Cc1cc(N2c3ccccc3CC2C)nc(NC2CC2)n1. The second kappa shape index (κ2) is 4.72. The van der Waals surface area contributed by atoms with Gasteiger partial charge in [0.25, 0.3) is 0 Å². The van der Waals surface area contributed by atoms with Gasteiger partial charge >= 0.3 is 0 Å². The van der Waals surface area contributed by atoms with Crippen molar-refractivity contribution >= 4 is 17.5 Å². The summed E-state index contributed by atoms with van der Waals surface area (Å²) in [5.41, 5.74) is 3.69. The topological polar surface area (TPSA) is 41.1 Å². The number of aromatic nitrogens is 2. The van der Waals surface area contributed by atoms with Crippen LogP contribution in [0, 0.1) is 6.92 Å². The fraction of sp³-hybridized carbons (Fsp3) is 0.412. The van der Waals surface area contributed by atoms with E-state index in [0.29, 0.717) is 12.1 Å². The Morgan fingerprint density at radius 1 is 1.19 bits per heavy atom. The van der Waals surface area contributed by atoms with Crippen LogP contribution in [0.1, 0.15) is 31.0 Å². The van der Waals surface area contributed by atoms with Crippen LogP contribution in [0.15, 0.2) is 30.3 Å². The van der Waals surface area contributed by atoms with E-state index in [2.05, 4.69) is 52.5 Å². The average molecular weight is 280 g/mol. The summed E-state index contributed by atoms with van der Waals surface area (Å²) in [6, 6.07) is 11.7. The Hall–Kier alpha value is -2.10. The Morgan fingerprint density at radius 2 is 2.00 bits per heavy atom. The molecule has 1 aromatic carbocycles. The maximum Gasteiger partial charge on any atom is 0.225 e. The number of benzene rings is 1. The van der Waals surface area contributed by atoms with E-state index in [9.17, 15) is 0 Å². The van der Waals surface area contributed by atoms with E-state index in [0.717, 1.165) is 23.9 Å². The van der Waals surface area contributed by atoms with Crippen molar-refractivity contribution < 1.29 is 0 Å². The van der Waals surface area contributed by atoms with Crippen molar-refractivity contribution in [3.8, 4) is 0 Å². The van der Waals surface area contributed by atoms with E-state index in [4.69, 9.17) is 4.98 Å². The second-order valence-electron chi connectivity index (χ2n) is 6.16. The van der Waals surface area contributed by atoms with Gasteiger partial charge < -0.3 is 10.2 Å². The molecule has 0 saturated heterocycles. The van der Waals surface area contributed by atoms with Gasteiger partial charge in [0.1, 0.15) is 5.82 Å². The quantitative estimate of drug-likeness (QED) is 0.935. The fourth-order valence-electron chi connectivity index (χ4n) is 3.06.